The van der Waals surface area contributed by atoms with Gasteiger partial charge in [0, 0.05) is 16.2 Å². The number of aryl methyl sites for hydroxylation is 1. The van der Waals surface area contributed by atoms with Gasteiger partial charge in [0.05, 0.1) is 12.4 Å². The van der Waals surface area contributed by atoms with Gasteiger partial charge in [-0.05, 0) is 25.0 Å². The van der Waals surface area contributed by atoms with Gasteiger partial charge in [0.1, 0.15) is 0 Å². The van der Waals surface area contributed by atoms with Crippen molar-refractivity contribution in [2.45, 2.75) is 39.7 Å². The van der Waals surface area contributed by atoms with Gasteiger partial charge in [-0.2, -0.15) is 0 Å². The van der Waals surface area contributed by atoms with Crippen molar-refractivity contribution < 1.29 is 0 Å². The largest absolute Gasteiger partial charge is 0.387 e. The molecule has 0 aliphatic heterocycles. The molecule has 1 aromatic heterocycles. The van der Waals surface area contributed by atoms with Gasteiger partial charge in [-0.3, -0.25) is 4.99 Å². The van der Waals surface area contributed by atoms with Crippen LogP contribution in [-0.2, 0) is 13.0 Å². The molecule has 0 amide bonds. The highest BCUT2D eigenvalue weighted by atomic mass is 32.1. The van der Waals surface area contributed by atoms with Crippen molar-refractivity contribution in [1.82, 2.24) is 0 Å². The van der Waals surface area contributed by atoms with Gasteiger partial charge < -0.3 is 5.73 Å². The van der Waals surface area contributed by atoms with E-state index in [0.29, 0.717) is 0 Å². The maximum Gasteiger partial charge on any atom is 0.0941 e. The minimum Gasteiger partial charge on any atom is -0.387 e. The maximum atomic E-state index is 5.73. The number of thiophene rings is 1. The third-order valence-electron chi connectivity index (χ3n) is 2.01. The summed E-state index contributed by atoms with van der Waals surface area (Å²) >= 11 is 1.83. The average Bonchev–Trinajstić information content (AvgIpc) is 2.63. The Bertz CT molecular complexity index is 302. The Morgan fingerprint density at radius 1 is 1.36 bits per heavy atom. The molecule has 0 radical (unpaired) electrons. The molecule has 1 aromatic rings. The molecule has 0 aliphatic carbocycles. The average molecular weight is 210 g/mol. The summed E-state index contributed by atoms with van der Waals surface area (Å²) in [6, 6.07) is 4.32. The van der Waals surface area contributed by atoms with Crippen molar-refractivity contribution in [3.05, 3.63) is 21.9 Å². The van der Waals surface area contributed by atoms with Gasteiger partial charge >= 0.3 is 0 Å². The molecule has 3 heteroatoms. The van der Waals surface area contributed by atoms with Crippen LogP contribution in [-0.4, -0.2) is 5.84 Å². The quantitative estimate of drug-likeness (QED) is 0.589. The molecule has 0 fully saturated rings. The first-order valence-corrected chi connectivity index (χ1v) is 5.94. The number of amidine groups is 1. The Kier molecular flexibility index (Phi) is 4.66. The third kappa shape index (κ3) is 3.50. The van der Waals surface area contributed by atoms with Crippen molar-refractivity contribution in [2.24, 2.45) is 10.7 Å². The van der Waals surface area contributed by atoms with Gasteiger partial charge in [0.2, 0.25) is 0 Å². The Morgan fingerprint density at radius 2 is 2.07 bits per heavy atom. The minimum absolute atomic E-state index is 0.747. The molecular weight excluding hydrogens is 192 g/mol. The molecule has 0 spiro atoms. The van der Waals surface area contributed by atoms with Crippen LogP contribution in [0, 0.1) is 0 Å². The summed E-state index contributed by atoms with van der Waals surface area (Å²) in [5.41, 5.74) is 5.73. The van der Waals surface area contributed by atoms with E-state index in [-0.39, 0.29) is 0 Å². The van der Waals surface area contributed by atoms with Crippen LogP contribution in [0.25, 0.3) is 0 Å². The fraction of sp³-hybridized carbons (Fsp3) is 0.545. The van der Waals surface area contributed by atoms with Crippen LogP contribution in [0.1, 0.15) is 36.4 Å². The topological polar surface area (TPSA) is 38.4 Å². The number of hydrogen-bond acceptors (Lipinski definition) is 2. The Morgan fingerprint density at radius 3 is 2.64 bits per heavy atom. The summed E-state index contributed by atoms with van der Waals surface area (Å²) in [5, 5.41) is 0. The van der Waals surface area contributed by atoms with Crippen molar-refractivity contribution in [2.75, 3.05) is 0 Å². The molecule has 2 N–H and O–H groups in total. The molecular formula is C11H18N2S. The molecule has 0 saturated heterocycles. The summed E-state index contributed by atoms with van der Waals surface area (Å²) in [5.74, 6) is 0.777. The minimum atomic E-state index is 0.747. The first-order valence-electron chi connectivity index (χ1n) is 5.12. The maximum absolute atomic E-state index is 5.73. The van der Waals surface area contributed by atoms with Crippen molar-refractivity contribution in [1.29, 1.82) is 0 Å². The molecule has 78 valence electrons. The van der Waals surface area contributed by atoms with Gasteiger partial charge in [-0.15, -0.1) is 11.3 Å². The summed E-state index contributed by atoms with van der Waals surface area (Å²) in [6.07, 6.45) is 3.09. The van der Waals surface area contributed by atoms with E-state index in [1.165, 1.54) is 9.75 Å². The van der Waals surface area contributed by atoms with E-state index in [4.69, 9.17) is 5.73 Å². The molecule has 1 rings (SSSR count). The molecule has 0 saturated carbocycles. The smallest absolute Gasteiger partial charge is 0.0941 e. The second-order valence-electron chi connectivity index (χ2n) is 3.28. The van der Waals surface area contributed by atoms with Crippen LogP contribution in [0.15, 0.2) is 17.1 Å². The van der Waals surface area contributed by atoms with Gasteiger partial charge in [-0.1, -0.05) is 13.8 Å². The summed E-state index contributed by atoms with van der Waals surface area (Å²) in [4.78, 5) is 7.06. The monoisotopic (exact) mass is 210 g/mol. The number of rotatable bonds is 5. The lowest BCUT2D eigenvalue weighted by Gasteiger charge is -1.96. The Labute approximate surface area is 89.9 Å². The standard InChI is InChI=1S/C11H18N2S/c1-3-5-11(12)13-8-10-7-6-9(4-2)14-10/h6-7H,3-5,8H2,1-2H3,(H2,12,13). The summed E-state index contributed by atoms with van der Waals surface area (Å²) < 4.78 is 0. The fourth-order valence-corrected chi connectivity index (χ4v) is 2.09. The van der Waals surface area contributed by atoms with Crippen molar-refractivity contribution in [3.8, 4) is 0 Å². The first-order chi connectivity index (χ1) is 6.76. The predicted molar refractivity (Wildman–Crippen MR) is 63.9 cm³/mol. The van der Waals surface area contributed by atoms with Gasteiger partial charge in [0.15, 0.2) is 0 Å². The highest BCUT2D eigenvalue weighted by Gasteiger charge is 1.97. The molecule has 0 bridgehead atoms. The van der Waals surface area contributed by atoms with Crippen LogP contribution in [0.4, 0.5) is 0 Å². The zero-order valence-corrected chi connectivity index (χ0v) is 9.73. The normalized spacial score (nSPS) is 12.0. The molecule has 1 heterocycles. The second kappa shape index (κ2) is 5.81. The SMILES string of the molecule is CCCC(N)=NCc1ccc(CC)s1. The van der Waals surface area contributed by atoms with E-state index in [2.05, 4.69) is 31.0 Å². The number of nitrogens with two attached hydrogens (primary N) is 1. The highest BCUT2D eigenvalue weighted by Crippen LogP contribution is 2.17. The van der Waals surface area contributed by atoms with E-state index >= 15 is 0 Å². The van der Waals surface area contributed by atoms with Crippen LogP contribution in [0.3, 0.4) is 0 Å². The van der Waals surface area contributed by atoms with E-state index < -0.39 is 0 Å². The van der Waals surface area contributed by atoms with Crippen LogP contribution < -0.4 is 5.73 Å². The van der Waals surface area contributed by atoms with Gasteiger partial charge in [-0.25, -0.2) is 0 Å². The van der Waals surface area contributed by atoms with Crippen LogP contribution in [0.2, 0.25) is 0 Å². The number of hydrogen-bond donors (Lipinski definition) is 1. The lowest BCUT2D eigenvalue weighted by atomic mass is 10.3. The molecule has 2 nitrogen and oxygen atoms in total. The Hall–Kier alpha value is -0.830. The van der Waals surface area contributed by atoms with Crippen molar-refractivity contribution >= 4 is 17.2 Å². The number of nitrogens with zero attached hydrogens (tertiary/aromatic N) is 1. The van der Waals surface area contributed by atoms with Crippen LogP contribution in [0.5, 0.6) is 0 Å². The lowest BCUT2D eigenvalue weighted by molar-refractivity contribution is 0.959. The van der Waals surface area contributed by atoms with Crippen LogP contribution >= 0.6 is 11.3 Å². The molecule has 14 heavy (non-hydrogen) atoms. The van der Waals surface area contributed by atoms with E-state index in [1.807, 2.05) is 11.3 Å². The zero-order chi connectivity index (χ0) is 10.4. The van der Waals surface area contributed by atoms with E-state index in [1.54, 1.807) is 0 Å². The molecule has 0 unspecified atom stereocenters. The number of aliphatic imine (C=N–C) groups is 1. The zero-order valence-electron chi connectivity index (χ0n) is 8.92. The molecule has 0 aliphatic rings. The Balaban J connectivity index is 2.48. The third-order valence-corrected chi connectivity index (χ3v) is 3.22. The van der Waals surface area contributed by atoms with Gasteiger partial charge in [0.25, 0.3) is 0 Å². The van der Waals surface area contributed by atoms with E-state index in [0.717, 1.165) is 31.6 Å². The molecule has 0 aromatic carbocycles. The fourth-order valence-electron chi connectivity index (χ4n) is 1.21. The predicted octanol–water partition coefficient (Wildman–Crippen LogP) is 2.97. The molecule has 0 atom stereocenters. The van der Waals surface area contributed by atoms with Crippen molar-refractivity contribution in [3.63, 3.8) is 0 Å². The van der Waals surface area contributed by atoms with E-state index in [9.17, 15) is 0 Å². The lowest BCUT2D eigenvalue weighted by Crippen LogP contribution is -2.10. The highest BCUT2D eigenvalue weighted by molar-refractivity contribution is 7.11. The summed E-state index contributed by atoms with van der Waals surface area (Å²) in [6.45, 7) is 5.03. The second-order valence-corrected chi connectivity index (χ2v) is 4.53. The first kappa shape index (κ1) is 11.2. The summed E-state index contributed by atoms with van der Waals surface area (Å²) in [7, 11) is 0.